The maximum atomic E-state index is 13.9. The SMILES string of the molecule is CCc1nnc([C@H](CO)CC(=O)c2c(C)nc3c(OCc4c(F)cccc4F)cccn23)o1. The first-order valence-corrected chi connectivity index (χ1v) is 10.4. The number of nitrogens with zero attached hydrogens (tertiary/aromatic N) is 4. The Labute approximate surface area is 187 Å². The van der Waals surface area contributed by atoms with E-state index in [0.29, 0.717) is 29.3 Å². The van der Waals surface area contributed by atoms with Crippen LogP contribution in [0.15, 0.2) is 40.9 Å². The number of ketones is 1. The van der Waals surface area contributed by atoms with Crippen molar-refractivity contribution in [2.75, 3.05) is 6.61 Å². The number of carbonyl (C=O) groups is 1. The fourth-order valence-electron chi connectivity index (χ4n) is 3.55. The number of imidazole rings is 1. The molecule has 10 heteroatoms. The lowest BCUT2D eigenvalue weighted by molar-refractivity contribution is 0.0945. The van der Waals surface area contributed by atoms with Crippen molar-refractivity contribution in [3.8, 4) is 5.75 Å². The highest BCUT2D eigenvalue weighted by atomic mass is 19.1. The summed E-state index contributed by atoms with van der Waals surface area (Å²) in [7, 11) is 0. The lowest BCUT2D eigenvalue weighted by Gasteiger charge is -2.11. The Morgan fingerprint density at radius 3 is 2.64 bits per heavy atom. The second-order valence-electron chi connectivity index (χ2n) is 7.50. The van der Waals surface area contributed by atoms with Crippen LogP contribution < -0.4 is 4.74 Å². The molecule has 0 saturated heterocycles. The van der Waals surface area contributed by atoms with E-state index < -0.39 is 17.6 Å². The van der Waals surface area contributed by atoms with Gasteiger partial charge in [-0.1, -0.05) is 13.0 Å². The lowest BCUT2D eigenvalue weighted by Crippen LogP contribution is -2.14. The van der Waals surface area contributed by atoms with Gasteiger partial charge in [0.25, 0.3) is 0 Å². The van der Waals surface area contributed by atoms with Crippen LogP contribution in [0.2, 0.25) is 0 Å². The van der Waals surface area contributed by atoms with E-state index in [1.165, 1.54) is 6.07 Å². The summed E-state index contributed by atoms with van der Waals surface area (Å²) in [5.74, 6) is -1.46. The molecule has 1 N–H and O–H groups in total. The number of benzene rings is 1. The first-order valence-electron chi connectivity index (χ1n) is 10.4. The number of aryl methyl sites for hydroxylation is 2. The molecular weight excluding hydrogens is 434 g/mol. The molecule has 0 radical (unpaired) electrons. The van der Waals surface area contributed by atoms with Crippen LogP contribution in [0.4, 0.5) is 8.78 Å². The molecule has 0 aliphatic rings. The van der Waals surface area contributed by atoms with E-state index in [1.54, 1.807) is 29.7 Å². The number of aromatic nitrogens is 4. The molecule has 1 aromatic carbocycles. The molecular formula is C23H22F2N4O4. The fourth-order valence-corrected chi connectivity index (χ4v) is 3.55. The summed E-state index contributed by atoms with van der Waals surface area (Å²) in [6.07, 6.45) is 2.13. The molecule has 8 nitrogen and oxygen atoms in total. The van der Waals surface area contributed by atoms with Crippen molar-refractivity contribution in [3.05, 3.63) is 76.9 Å². The molecule has 0 aliphatic heterocycles. The van der Waals surface area contributed by atoms with Crippen molar-refractivity contribution in [2.24, 2.45) is 0 Å². The van der Waals surface area contributed by atoms with Gasteiger partial charge in [0.05, 0.1) is 23.8 Å². The number of pyridine rings is 1. The molecule has 1 atom stereocenters. The van der Waals surface area contributed by atoms with E-state index in [-0.39, 0.29) is 42.6 Å². The lowest BCUT2D eigenvalue weighted by atomic mass is 10.0. The number of Topliss-reactive ketones (excluding diaryl/α,β-unsaturated/α-hetero) is 1. The number of rotatable bonds is 9. The molecule has 0 aliphatic carbocycles. The maximum Gasteiger partial charge on any atom is 0.222 e. The van der Waals surface area contributed by atoms with Crippen LogP contribution in [0, 0.1) is 18.6 Å². The van der Waals surface area contributed by atoms with Gasteiger partial charge < -0.3 is 14.3 Å². The molecule has 4 aromatic rings. The van der Waals surface area contributed by atoms with Crippen LogP contribution in [-0.2, 0) is 13.0 Å². The second-order valence-corrected chi connectivity index (χ2v) is 7.50. The Morgan fingerprint density at radius 1 is 1.21 bits per heavy atom. The number of aliphatic hydroxyl groups excluding tert-OH is 1. The number of fused-ring (bicyclic) bond motifs is 1. The van der Waals surface area contributed by atoms with E-state index >= 15 is 0 Å². The third-order valence-electron chi connectivity index (χ3n) is 5.27. The minimum atomic E-state index is -0.709. The minimum Gasteiger partial charge on any atom is -0.485 e. The molecule has 0 spiro atoms. The van der Waals surface area contributed by atoms with Crippen LogP contribution >= 0.6 is 0 Å². The van der Waals surface area contributed by atoms with Gasteiger partial charge in [-0.15, -0.1) is 10.2 Å². The van der Waals surface area contributed by atoms with Gasteiger partial charge in [-0.3, -0.25) is 9.20 Å². The summed E-state index contributed by atoms with van der Waals surface area (Å²) in [4.78, 5) is 17.6. The zero-order valence-electron chi connectivity index (χ0n) is 18.1. The van der Waals surface area contributed by atoms with Gasteiger partial charge in [0.15, 0.2) is 17.2 Å². The standard InChI is InChI=1S/C23H22F2N4O4/c1-3-20-27-28-23(33-20)14(11-30)10-18(31)21-13(2)26-22-19(8-5-9-29(21)22)32-12-15-16(24)6-4-7-17(15)25/h4-9,14,30H,3,10-12H2,1-2H3/t14-/m0/s1. The molecule has 0 amide bonds. The largest absolute Gasteiger partial charge is 0.485 e. The number of ether oxygens (including phenoxy) is 1. The number of hydrogen-bond donors (Lipinski definition) is 1. The summed E-state index contributed by atoms with van der Waals surface area (Å²) in [5, 5.41) is 17.6. The average Bonchev–Trinajstić information content (AvgIpc) is 3.41. The quantitative estimate of drug-likeness (QED) is 0.382. The van der Waals surface area contributed by atoms with Crippen molar-refractivity contribution >= 4 is 11.4 Å². The first kappa shape index (κ1) is 22.5. The van der Waals surface area contributed by atoms with Crippen LogP contribution in [0.1, 0.15) is 52.8 Å². The predicted molar refractivity (Wildman–Crippen MR) is 113 cm³/mol. The molecule has 3 heterocycles. The third-order valence-corrected chi connectivity index (χ3v) is 5.27. The Bertz CT molecular complexity index is 1280. The maximum absolute atomic E-state index is 13.9. The highest BCUT2D eigenvalue weighted by molar-refractivity contribution is 5.97. The zero-order chi connectivity index (χ0) is 23.5. The van der Waals surface area contributed by atoms with E-state index in [0.717, 1.165) is 12.1 Å². The number of aliphatic hydroxyl groups is 1. The van der Waals surface area contributed by atoms with Crippen molar-refractivity contribution in [1.29, 1.82) is 0 Å². The Hall–Kier alpha value is -3.66. The van der Waals surface area contributed by atoms with Gasteiger partial charge in [-0.05, 0) is 31.2 Å². The van der Waals surface area contributed by atoms with Crippen LogP contribution in [0.3, 0.4) is 0 Å². The first-order chi connectivity index (χ1) is 15.9. The monoisotopic (exact) mass is 456 g/mol. The van der Waals surface area contributed by atoms with Gasteiger partial charge in [0.1, 0.15) is 23.9 Å². The molecule has 3 aromatic heterocycles. The minimum absolute atomic E-state index is 0.0675. The van der Waals surface area contributed by atoms with Crippen molar-refractivity contribution in [2.45, 2.75) is 39.2 Å². The summed E-state index contributed by atoms with van der Waals surface area (Å²) in [6, 6.07) is 6.84. The van der Waals surface area contributed by atoms with Gasteiger partial charge in [-0.25, -0.2) is 13.8 Å². The Morgan fingerprint density at radius 2 is 1.97 bits per heavy atom. The molecule has 172 valence electrons. The summed E-state index contributed by atoms with van der Waals surface area (Å²) in [6.45, 7) is 2.86. The number of halogens is 2. The molecule has 0 fully saturated rings. The summed E-state index contributed by atoms with van der Waals surface area (Å²) >= 11 is 0. The summed E-state index contributed by atoms with van der Waals surface area (Å²) < 4.78 is 40.6. The summed E-state index contributed by atoms with van der Waals surface area (Å²) in [5.41, 5.74) is 0.892. The topological polar surface area (TPSA) is 103 Å². The van der Waals surface area contributed by atoms with E-state index in [9.17, 15) is 18.7 Å². The molecule has 0 bridgehead atoms. The van der Waals surface area contributed by atoms with Crippen LogP contribution in [0.5, 0.6) is 5.75 Å². The van der Waals surface area contributed by atoms with E-state index in [4.69, 9.17) is 9.15 Å². The Balaban J connectivity index is 1.60. The van der Waals surface area contributed by atoms with E-state index in [1.807, 2.05) is 6.92 Å². The molecule has 33 heavy (non-hydrogen) atoms. The smallest absolute Gasteiger partial charge is 0.222 e. The predicted octanol–water partition coefficient (Wildman–Crippen LogP) is 3.79. The van der Waals surface area contributed by atoms with Gasteiger partial charge in [-0.2, -0.15) is 0 Å². The third kappa shape index (κ3) is 4.47. The number of carbonyl (C=O) groups excluding carboxylic acids is 1. The highest BCUT2D eigenvalue weighted by Gasteiger charge is 2.26. The molecule has 0 saturated carbocycles. The Kier molecular flexibility index (Phi) is 6.45. The number of hydrogen-bond acceptors (Lipinski definition) is 7. The van der Waals surface area contributed by atoms with Crippen molar-refractivity contribution in [1.82, 2.24) is 19.6 Å². The normalized spacial score (nSPS) is 12.3. The van der Waals surface area contributed by atoms with Gasteiger partial charge in [0, 0.05) is 19.0 Å². The molecule has 0 unspecified atom stereocenters. The molecule has 4 rings (SSSR count). The van der Waals surface area contributed by atoms with Crippen molar-refractivity contribution < 1.29 is 27.8 Å². The zero-order valence-corrected chi connectivity index (χ0v) is 18.1. The highest BCUT2D eigenvalue weighted by Crippen LogP contribution is 2.27. The average molecular weight is 456 g/mol. The van der Waals surface area contributed by atoms with Crippen LogP contribution in [-0.4, -0.2) is 37.1 Å². The van der Waals surface area contributed by atoms with Gasteiger partial charge in [0.2, 0.25) is 11.8 Å². The van der Waals surface area contributed by atoms with Gasteiger partial charge >= 0.3 is 0 Å². The second kappa shape index (κ2) is 9.45. The van der Waals surface area contributed by atoms with Crippen molar-refractivity contribution in [3.63, 3.8) is 0 Å². The van der Waals surface area contributed by atoms with Crippen LogP contribution in [0.25, 0.3) is 5.65 Å². The fraction of sp³-hybridized carbons (Fsp3) is 0.304. The van der Waals surface area contributed by atoms with E-state index in [2.05, 4.69) is 15.2 Å².